The van der Waals surface area contributed by atoms with Gasteiger partial charge < -0.3 is 9.84 Å². The van der Waals surface area contributed by atoms with Crippen molar-refractivity contribution in [3.05, 3.63) is 34.3 Å². The van der Waals surface area contributed by atoms with Gasteiger partial charge in [-0.05, 0) is 50.3 Å². The summed E-state index contributed by atoms with van der Waals surface area (Å²) >= 11 is 7.41. The van der Waals surface area contributed by atoms with Crippen molar-refractivity contribution in [2.24, 2.45) is 11.8 Å². The lowest BCUT2D eigenvalue weighted by Gasteiger charge is -2.26. The van der Waals surface area contributed by atoms with Gasteiger partial charge in [-0.25, -0.2) is 9.67 Å². The van der Waals surface area contributed by atoms with Gasteiger partial charge in [0.05, 0.1) is 12.5 Å². The minimum Gasteiger partial charge on any atom is -0.481 e. The number of pyridine rings is 1. The van der Waals surface area contributed by atoms with E-state index in [1.807, 2.05) is 26.0 Å². The molecular formula is C16H22BrN5O3S. The van der Waals surface area contributed by atoms with Crippen LogP contribution in [0.1, 0.15) is 31.2 Å². The van der Waals surface area contributed by atoms with Crippen LogP contribution in [0, 0.1) is 11.8 Å². The number of hydrogen-bond donors (Lipinski definition) is 2. The Kier molecular flexibility index (Phi) is 7.98. The highest BCUT2D eigenvalue weighted by Gasteiger charge is 2.36. The second kappa shape index (κ2) is 9.98. The highest BCUT2D eigenvalue weighted by molar-refractivity contribution is 9.10. The molecule has 1 N–H and O–H groups in total. The average Bonchev–Trinajstić information content (AvgIpc) is 3.04. The van der Waals surface area contributed by atoms with Gasteiger partial charge in [-0.15, -0.1) is 5.10 Å². The van der Waals surface area contributed by atoms with Crippen molar-refractivity contribution >= 4 is 34.5 Å². The zero-order valence-corrected chi connectivity index (χ0v) is 17.1. The van der Waals surface area contributed by atoms with Crippen LogP contribution in [0.3, 0.4) is 0 Å². The van der Waals surface area contributed by atoms with Crippen LogP contribution >= 0.6 is 28.6 Å². The molecule has 0 radical (unpaired) electrons. The summed E-state index contributed by atoms with van der Waals surface area (Å²) in [5.41, 5.74) is 0.913. The molecule has 0 aromatic carbocycles. The Balaban J connectivity index is 2.35. The highest BCUT2D eigenvalue weighted by Crippen LogP contribution is 2.32. The Bertz CT molecular complexity index is 710. The molecule has 0 saturated carbocycles. The van der Waals surface area contributed by atoms with Crippen LogP contribution in [0.5, 0.6) is 0 Å². The second-order valence-electron chi connectivity index (χ2n) is 6.21. The lowest BCUT2D eigenvalue weighted by atomic mass is 9.79. The SMILES string of the molecule is CC(C)C(C(=O)O)[C@H](Cc1ccc(Br)nc1)c1nnnn1COCCS. The Morgan fingerprint density at radius 2 is 2.19 bits per heavy atom. The molecule has 0 aliphatic rings. The van der Waals surface area contributed by atoms with Crippen molar-refractivity contribution in [3.8, 4) is 0 Å². The summed E-state index contributed by atoms with van der Waals surface area (Å²) in [5, 5.41) is 21.6. The van der Waals surface area contributed by atoms with E-state index in [2.05, 4.69) is 49.1 Å². The number of rotatable bonds is 10. The average molecular weight is 444 g/mol. The zero-order chi connectivity index (χ0) is 19.1. The first-order valence-corrected chi connectivity index (χ1v) is 9.64. The smallest absolute Gasteiger partial charge is 0.307 e. The third-order valence-corrected chi connectivity index (χ3v) is 4.67. The van der Waals surface area contributed by atoms with Crippen LogP contribution in [0.2, 0.25) is 0 Å². The first-order valence-electron chi connectivity index (χ1n) is 8.22. The van der Waals surface area contributed by atoms with E-state index in [9.17, 15) is 9.90 Å². The van der Waals surface area contributed by atoms with Crippen molar-refractivity contribution in [2.75, 3.05) is 12.4 Å². The van der Waals surface area contributed by atoms with E-state index in [1.54, 1.807) is 6.20 Å². The number of thiol groups is 1. The van der Waals surface area contributed by atoms with E-state index in [1.165, 1.54) is 4.68 Å². The molecule has 2 aromatic rings. The lowest BCUT2D eigenvalue weighted by Crippen LogP contribution is -2.31. The third kappa shape index (κ3) is 5.49. The van der Waals surface area contributed by atoms with Crippen LogP contribution in [0.25, 0.3) is 0 Å². The quantitative estimate of drug-likeness (QED) is 0.330. The number of carbonyl (C=O) groups is 1. The van der Waals surface area contributed by atoms with E-state index in [0.29, 0.717) is 24.6 Å². The standard InChI is InChI=1S/C16H22BrN5O3S/c1-10(2)14(16(23)24)12(7-11-3-4-13(17)18-8-11)15-19-20-21-22(15)9-25-5-6-26/h3-4,8,10,12,14,26H,5-7,9H2,1-2H3,(H,23,24)/t12-,14?/m0/s1. The van der Waals surface area contributed by atoms with Gasteiger partial charge in [-0.3, -0.25) is 4.79 Å². The lowest BCUT2D eigenvalue weighted by molar-refractivity contribution is -0.144. The highest BCUT2D eigenvalue weighted by atomic mass is 79.9. The Hall–Kier alpha value is -1.52. The normalized spacial score (nSPS) is 13.7. The van der Waals surface area contributed by atoms with Gasteiger partial charge in [-0.1, -0.05) is 19.9 Å². The molecule has 2 atom stereocenters. The molecule has 0 saturated heterocycles. The maximum absolute atomic E-state index is 12.0. The summed E-state index contributed by atoms with van der Waals surface area (Å²) < 4.78 is 7.70. The van der Waals surface area contributed by atoms with Crippen molar-refractivity contribution in [2.45, 2.75) is 32.9 Å². The molecule has 8 nitrogen and oxygen atoms in total. The Morgan fingerprint density at radius 3 is 2.77 bits per heavy atom. The first kappa shape index (κ1) is 20.8. The molecule has 10 heteroatoms. The molecule has 142 valence electrons. The number of carboxylic acids is 1. The van der Waals surface area contributed by atoms with Gasteiger partial charge in [0.25, 0.3) is 0 Å². The predicted molar refractivity (Wildman–Crippen MR) is 102 cm³/mol. The summed E-state index contributed by atoms with van der Waals surface area (Å²) in [6, 6.07) is 3.74. The first-order chi connectivity index (χ1) is 12.4. The molecular weight excluding hydrogens is 422 g/mol. The third-order valence-electron chi connectivity index (χ3n) is 4.02. The molecule has 2 aromatic heterocycles. The van der Waals surface area contributed by atoms with Crippen LogP contribution in [0.4, 0.5) is 0 Å². The number of halogens is 1. The number of aromatic nitrogens is 5. The summed E-state index contributed by atoms with van der Waals surface area (Å²) in [7, 11) is 0. The fourth-order valence-corrected chi connectivity index (χ4v) is 3.23. The largest absolute Gasteiger partial charge is 0.481 e. The van der Waals surface area contributed by atoms with Gasteiger partial charge in [0.2, 0.25) is 0 Å². The van der Waals surface area contributed by atoms with E-state index in [0.717, 1.165) is 10.2 Å². The summed E-state index contributed by atoms with van der Waals surface area (Å²) in [5.74, 6) is -0.952. The van der Waals surface area contributed by atoms with Crippen molar-refractivity contribution < 1.29 is 14.6 Å². The van der Waals surface area contributed by atoms with E-state index in [-0.39, 0.29) is 12.6 Å². The van der Waals surface area contributed by atoms with Gasteiger partial charge in [0, 0.05) is 17.9 Å². The predicted octanol–water partition coefficient (Wildman–Crippen LogP) is 2.42. The van der Waals surface area contributed by atoms with Gasteiger partial charge >= 0.3 is 5.97 Å². The fourth-order valence-electron chi connectivity index (χ4n) is 2.87. The monoisotopic (exact) mass is 443 g/mol. The van der Waals surface area contributed by atoms with E-state index >= 15 is 0 Å². The fraction of sp³-hybridized carbons (Fsp3) is 0.562. The van der Waals surface area contributed by atoms with Gasteiger partial charge in [0.1, 0.15) is 11.3 Å². The molecule has 0 aliphatic heterocycles. The van der Waals surface area contributed by atoms with Crippen molar-refractivity contribution in [3.63, 3.8) is 0 Å². The van der Waals surface area contributed by atoms with Crippen molar-refractivity contribution in [1.82, 2.24) is 25.2 Å². The Morgan fingerprint density at radius 1 is 1.42 bits per heavy atom. The summed E-state index contributed by atoms with van der Waals surface area (Å²) in [4.78, 5) is 16.2. The number of ether oxygens (including phenoxy) is 1. The molecule has 0 spiro atoms. The molecule has 2 rings (SSSR count). The maximum atomic E-state index is 12.0. The summed E-state index contributed by atoms with van der Waals surface area (Å²) in [6.07, 6.45) is 2.18. The van der Waals surface area contributed by atoms with Gasteiger partial charge in [0.15, 0.2) is 5.82 Å². The topological polar surface area (TPSA) is 103 Å². The second-order valence-corrected chi connectivity index (χ2v) is 7.47. The molecule has 0 amide bonds. The van der Waals surface area contributed by atoms with Crippen LogP contribution in [-0.2, 0) is 22.7 Å². The number of aliphatic carboxylic acids is 1. The van der Waals surface area contributed by atoms with Crippen molar-refractivity contribution in [1.29, 1.82) is 0 Å². The molecule has 1 unspecified atom stereocenters. The maximum Gasteiger partial charge on any atom is 0.307 e. The molecule has 0 bridgehead atoms. The molecule has 2 heterocycles. The number of hydrogen-bond acceptors (Lipinski definition) is 7. The number of tetrazole rings is 1. The van der Waals surface area contributed by atoms with E-state index in [4.69, 9.17) is 4.74 Å². The van der Waals surface area contributed by atoms with Crippen LogP contribution in [-0.4, -0.2) is 48.6 Å². The molecule has 26 heavy (non-hydrogen) atoms. The summed E-state index contributed by atoms with van der Waals surface area (Å²) in [6.45, 7) is 4.38. The minimum atomic E-state index is -0.874. The number of carboxylic acid groups (broad SMARTS) is 1. The zero-order valence-electron chi connectivity index (χ0n) is 14.6. The van der Waals surface area contributed by atoms with Gasteiger partial charge in [-0.2, -0.15) is 12.6 Å². The minimum absolute atomic E-state index is 0.0931. The van der Waals surface area contributed by atoms with Crippen LogP contribution < -0.4 is 0 Å². The van der Waals surface area contributed by atoms with Crippen LogP contribution in [0.15, 0.2) is 22.9 Å². The Labute approximate surface area is 165 Å². The molecule has 0 aliphatic carbocycles. The number of nitrogens with zero attached hydrogens (tertiary/aromatic N) is 5. The van der Waals surface area contributed by atoms with E-state index < -0.39 is 17.8 Å². The molecule has 0 fully saturated rings.